The highest BCUT2D eigenvalue weighted by atomic mass is 16.5. The highest BCUT2D eigenvalue weighted by molar-refractivity contribution is 5.74. The lowest BCUT2D eigenvalue weighted by atomic mass is 10.2. The summed E-state index contributed by atoms with van der Waals surface area (Å²) < 4.78 is 5.58. The number of nitrogens with two attached hydrogens (primary N) is 1. The summed E-state index contributed by atoms with van der Waals surface area (Å²) in [4.78, 5) is 1.89. The first-order chi connectivity index (χ1) is 5.25. The van der Waals surface area contributed by atoms with E-state index in [1.54, 1.807) is 0 Å². The molecule has 62 valence electrons. The van der Waals surface area contributed by atoms with Crippen molar-refractivity contribution in [1.82, 2.24) is 4.90 Å². The van der Waals surface area contributed by atoms with Gasteiger partial charge in [-0.3, -0.25) is 5.41 Å². The van der Waals surface area contributed by atoms with Crippen molar-refractivity contribution < 1.29 is 4.74 Å². The van der Waals surface area contributed by atoms with Crippen LogP contribution in [0.25, 0.3) is 0 Å². The summed E-state index contributed by atoms with van der Waals surface area (Å²) in [6.07, 6.45) is 2.93. The Balaban J connectivity index is 2.02. The summed E-state index contributed by atoms with van der Waals surface area (Å²) in [6, 6.07) is 0. The number of nitrogens with one attached hydrogen (secondary N) is 1. The first-order valence-electron chi connectivity index (χ1n) is 4.00. The maximum atomic E-state index is 7.24. The predicted octanol–water partition coefficient (Wildman–Crippen LogP) is -0.257. The number of hydrogen-bond donors (Lipinski definition) is 2. The lowest BCUT2D eigenvalue weighted by Crippen LogP contribution is -2.48. The molecule has 0 aromatic carbocycles. The predicted molar refractivity (Wildman–Crippen MR) is 41.4 cm³/mol. The van der Waals surface area contributed by atoms with Crippen LogP contribution in [0.15, 0.2) is 0 Å². The second kappa shape index (κ2) is 2.37. The zero-order chi connectivity index (χ0) is 7.84. The fourth-order valence-electron chi connectivity index (χ4n) is 1.81. The number of guanidine groups is 1. The zero-order valence-electron chi connectivity index (χ0n) is 6.42. The fraction of sp³-hybridized carbons (Fsp3) is 0.857. The Bertz CT molecular complexity index is 171. The van der Waals surface area contributed by atoms with Crippen LogP contribution < -0.4 is 5.73 Å². The van der Waals surface area contributed by atoms with Crippen molar-refractivity contribution in [3.8, 4) is 0 Å². The Morgan fingerprint density at radius 3 is 2.36 bits per heavy atom. The minimum Gasteiger partial charge on any atom is -0.371 e. The monoisotopic (exact) mass is 155 g/mol. The average Bonchev–Trinajstić information content (AvgIpc) is 2.30. The van der Waals surface area contributed by atoms with Gasteiger partial charge in [0.2, 0.25) is 0 Å². The largest absolute Gasteiger partial charge is 0.371 e. The van der Waals surface area contributed by atoms with E-state index in [2.05, 4.69) is 0 Å². The third-order valence-corrected chi connectivity index (χ3v) is 2.38. The molecule has 2 heterocycles. The Kier molecular flexibility index (Phi) is 1.49. The quantitative estimate of drug-likeness (QED) is 0.374. The van der Waals surface area contributed by atoms with Crippen molar-refractivity contribution >= 4 is 5.96 Å². The number of nitrogens with zero attached hydrogens (tertiary/aromatic N) is 1. The van der Waals surface area contributed by atoms with Crippen LogP contribution in [0, 0.1) is 5.41 Å². The summed E-state index contributed by atoms with van der Waals surface area (Å²) in [6.45, 7) is 1.62. The molecule has 0 aromatic rings. The number of fused-ring (bicyclic) bond motifs is 2. The van der Waals surface area contributed by atoms with Crippen LogP contribution in [-0.2, 0) is 4.74 Å². The SMILES string of the molecule is N=C(N)N1CC2CCC(C1)O2. The molecule has 0 aliphatic carbocycles. The summed E-state index contributed by atoms with van der Waals surface area (Å²) in [5.74, 6) is 0.185. The minimum absolute atomic E-state index is 0.185. The molecule has 0 amide bonds. The summed E-state index contributed by atoms with van der Waals surface area (Å²) in [5.41, 5.74) is 5.37. The van der Waals surface area contributed by atoms with Gasteiger partial charge in [0.15, 0.2) is 5.96 Å². The van der Waals surface area contributed by atoms with Crippen LogP contribution >= 0.6 is 0 Å². The van der Waals surface area contributed by atoms with Gasteiger partial charge in [0.1, 0.15) is 0 Å². The molecule has 11 heavy (non-hydrogen) atoms. The molecular formula is C7H13N3O. The van der Waals surface area contributed by atoms with Crippen LogP contribution in [-0.4, -0.2) is 36.2 Å². The first kappa shape index (κ1) is 6.91. The lowest BCUT2D eigenvalue weighted by Gasteiger charge is -2.32. The lowest BCUT2D eigenvalue weighted by molar-refractivity contribution is -0.0163. The molecule has 2 bridgehead atoms. The van der Waals surface area contributed by atoms with E-state index >= 15 is 0 Å². The fourth-order valence-corrected chi connectivity index (χ4v) is 1.81. The number of hydrogen-bond acceptors (Lipinski definition) is 2. The summed E-state index contributed by atoms with van der Waals surface area (Å²) in [7, 11) is 0. The topological polar surface area (TPSA) is 62.3 Å². The highest BCUT2D eigenvalue weighted by Gasteiger charge is 2.33. The maximum absolute atomic E-state index is 7.24. The van der Waals surface area contributed by atoms with E-state index in [9.17, 15) is 0 Å². The molecule has 2 aliphatic rings. The molecule has 3 N–H and O–H groups in total. The second-order valence-corrected chi connectivity index (χ2v) is 3.25. The number of likely N-dealkylation sites (tertiary alicyclic amines) is 1. The third-order valence-electron chi connectivity index (χ3n) is 2.38. The third kappa shape index (κ3) is 1.18. The second-order valence-electron chi connectivity index (χ2n) is 3.25. The van der Waals surface area contributed by atoms with Crippen molar-refractivity contribution in [2.24, 2.45) is 5.73 Å². The van der Waals surface area contributed by atoms with Gasteiger partial charge in [-0.2, -0.15) is 0 Å². The van der Waals surface area contributed by atoms with Crippen molar-refractivity contribution in [1.29, 1.82) is 5.41 Å². The van der Waals surface area contributed by atoms with Crippen LogP contribution in [0.4, 0.5) is 0 Å². The van der Waals surface area contributed by atoms with Gasteiger partial charge < -0.3 is 15.4 Å². The van der Waals surface area contributed by atoms with E-state index in [0.29, 0.717) is 12.2 Å². The molecule has 4 heteroatoms. The Labute approximate surface area is 65.8 Å². The number of ether oxygens (including phenoxy) is 1. The van der Waals surface area contributed by atoms with Crippen molar-refractivity contribution in [2.45, 2.75) is 25.0 Å². The Morgan fingerprint density at radius 2 is 1.91 bits per heavy atom. The summed E-state index contributed by atoms with van der Waals surface area (Å²) in [5, 5.41) is 7.24. The van der Waals surface area contributed by atoms with Gasteiger partial charge >= 0.3 is 0 Å². The Morgan fingerprint density at radius 1 is 1.36 bits per heavy atom. The molecule has 0 radical (unpaired) electrons. The van der Waals surface area contributed by atoms with Gasteiger partial charge in [0.25, 0.3) is 0 Å². The van der Waals surface area contributed by atoms with Crippen molar-refractivity contribution in [3.63, 3.8) is 0 Å². The van der Waals surface area contributed by atoms with Crippen molar-refractivity contribution in [3.05, 3.63) is 0 Å². The van der Waals surface area contributed by atoms with Gasteiger partial charge in [-0.05, 0) is 12.8 Å². The average molecular weight is 155 g/mol. The molecule has 2 saturated heterocycles. The number of morpholine rings is 1. The summed E-state index contributed by atoms with van der Waals surface area (Å²) >= 11 is 0. The maximum Gasteiger partial charge on any atom is 0.188 e. The molecule has 4 nitrogen and oxygen atoms in total. The van der Waals surface area contributed by atoms with E-state index < -0.39 is 0 Å². The minimum atomic E-state index is 0.185. The van der Waals surface area contributed by atoms with Crippen LogP contribution in [0.5, 0.6) is 0 Å². The van der Waals surface area contributed by atoms with Crippen LogP contribution in [0.2, 0.25) is 0 Å². The first-order valence-corrected chi connectivity index (χ1v) is 4.00. The normalized spacial score (nSPS) is 35.8. The zero-order valence-corrected chi connectivity index (χ0v) is 6.42. The van der Waals surface area contributed by atoms with Crippen LogP contribution in [0.3, 0.4) is 0 Å². The molecule has 2 fully saturated rings. The molecular weight excluding hydrogens is 142 g/mol. The van der Waals surface area contributed by atoms with Gasteiger partial charge in [0, 0.05) is 13.1 Å². The molecule has 2 rings (SSSR count). The van der Waals surface area contributed by atoms with E-state index in [1.165, 1.54) is 0 Å². The number of rotatable bonds is 0. The smallest absolute Gasteiger partial charge is 0.188 e. The van der Waals surface area contributed by atoms with Crippen LogP contribution in [0.1, 0.15) is 12.8 Å². The van der Waals surface area contributed by atoms with E-state index in [1.807, 2.05) is 4.90 Å². The van der Waals surface area contributed by atoms with E-state index in [4.69, 9.17) is 15.9 Å². The molecule has 0 spiro atoms. The van der Waals surface area contributed by atoms with Gasteiger partial charge in [-0.1, -0.05) is 0 Å². The van der Waals surface area contributed by atoms with Gasteiger partial charge in [0.05, 0.1) is 12.2 Å². The Hall–Kier alpha value is -0.770. The highest BCUT2D eigenvalue weighted by Crippen LogP contribution is 2.25. The standard InChI is InChI=1S/C7H13N3O/c8-7(9)10-3-5-1-2-6(4-10)11-5/h5-6H,1-4H2,(H3,8,9). The molecule has 2 atom stereocenters. The van der Waals surface area contributed by atoms with E-state index in [-0.39, 0.29) is 5.96 Å². The van der Waals surface area contributed by atoms with Gasteiger partial charge in [-0.15, -0.1) is 0 Å². The molecule has 0 saturated carbocycles. The molecule has 2 unspecified atom stereocenters. The van der Waals surface area contributed by atoms with E-state index in [0.717, 1.165) is 25.9 Å². The van der Waals surface area contributed by atoms with Gasteiger partial charge in [-0.25, -0.2) is 0 Å². The molecule has 0 aromatic heterocycles. The van der Waals surface area contributed by atoms with Crippen molar-refractivity contribution in [2.75, 3.05) is 13.1 Å². The molecule has 2 aliphatic heterocycles.